The van der Waals surface area contributed by atoms with Gasteiger partial charge in [0, 0.05) is 19.0 Å². The van der Waals surface area contributed by atoms with Crippen molar-refractivity contribution >= 4 is 17.4 Å². The summed E-state index contributed by atoms with van der Waals surface area (Å²) in [6.07, 6.45) is 2.90. The van der Waals surface area contributed by atoms with Crippen molar-refractivity contribution in [2.75, 3.05) is 11.9 Å². The first-order valence-electron chi connectivity index (χ1n) is 6.93. The van der Waals surface area contributed by atoms with Crippen molar-refractivity contribution in [1.82, 2.24) is 19.9 Å². The highest BCUT2D eigenvalue weighted by Crippen LogP contribution is 2.12. The Morgan fingerprint density at radius 1 is 1.45 bits per heavy atom. The Kier molecular flexibility index (Phi) is 4.55. The van der Waals surface area contributed by atoms with Crippen LogP contribution in [0.1, 0.15) is 32.3 Å². The number of carbonyl (C=O) groups is 1. The Morgan fingerprint density at radius 3 is 3.00 bits per heavy atom. The smallest absolute Gasteiger partial charge is 0.221 e. The number of pyridine rings is 1. The van der Waals surface area contributed by atoms with E-state index in [9.17, 15) is 4.79 Å². The molecule has 0 aromatic carbocycles. The maximum absolute atomic E-state index is 11.7. The lowest BCUT2D eigenvalue weighted by molar-refractivity contribution is -0.121. The number of nitrogens with one attached hydrogen (secondary N) is 2. The van der Waals surface area contributed by atoms with Crippen LogP contribution in [-0.2, 0) is 4.79 Å². The molecule has 2 heterocycles. The molecule has 0 radical (unpaired) electrons. The molecule has 0 saturated carbocycles. The van der Waals surface area contributed by atoms with E-state index in [4.69, 9.17) is 0 Å². The van der Waals surface area contributed by atoms with E-state index in [-0.39, 0.29) is 11.9 Å². The van der Waals surface area contributed by atoms with Crippen LogP contribution in [0, 0.1) is 6.92 Å². The predicted octanol–water partition coefficient (Wildman–Crippen LogP) is 1.75. The molecule has 2 aromatic heterocycles. The van der Waals surface area contributed by atoms with Crippen molar-refractivity contribution in [3.63, 3.8) is 0 Å². The fourth-order valence-corrected chi connectivity index (χ4v) is 1.94. The summed E-state index contributed by atoms with van der Waals surface area (Å²) in [4.78, 5) is 15.9. The first kappa shape index (κ1) is 14.3. The molecule has 1 unspecified atom stereocenters. The van der Waals surface area contributed by atoms with E-state index in [0.717, 1.165) is 23.4 Å². The second-order valence-electron chi connectivity index (χ2n) is 5.00. The third-order valence-electron chi connectivity index (χ3n) is 3.20. The van der Waals surface area contributed by atoms with Crippen LogP contribution in [0.2, 0.25) is 0 Å². The molecular weight excluding hydrogens is 254 g/mol. The van der Waals surface area contributed by atoms with Crippen LogP contribution in [0.3, 0.4) is 0 Å². The maximum Gasteiger partial charge on any atom is 0.221 e. The zero-order valence-electron chi connectivity index (χ0n) is 12.2. The minimum Gasteiger partial charge on any atom is -0.369 e. The van der Waals surface area contributed by atoms with Crippen molar-refractivity contribution in [3.8, 4) is 0 Å². The molecular formula is C14H21N5O. The summed E-state index contributed by atoms with van der Waals surface area (Å²) in [5, 5.41) is 10.3. The fraction of sp³-hybridized carbons (Fsp3) is 0.500. The van der Waals surface area contributed by atoms with E-state index < -0.39 is 0 Å². The van der Waals surface area contributed by atoms with Crippen molar-refractivity contribution < 1.29 is 4.79 Å². The Morgan fingerprint density at radius 2 is 2.25 bits per heavy atom. The number of aryl methyl sites for hydroxylation is 1. The van der Waals surface area contributed by atoms with Crippen LogP contribution < -0.4 is 10.6 Å². The number of amides is 1. The Labute approximate surface area is 118 Å². The fourth-order valence-electron chi connectivity index (χ4n) is 1.94. The third kappa shape index (κ3) is 3.46. The molecule has 0 fully saturated rings. The number of hydrogen-bond donors (Lipinski definition) is 2. The molecule has 20 heavy (non-hydrogen) atoms. The normalized spacial score (nSPS) is 12.3. The van der Waals surface area contributed by atoms with Crippen molar-refractivity contribution in [3.05, 3.63) is 24.0 Å². The highest BCUT2D eigenvalue weighted by atomic mass is 16.1. The van der Waals surface area contributed by atoms with Crippen LogP contribution in [-0.4, -0.2) is 33.1 Å². The highest BCUT2D eigenvalue weighted by molar-refractivity contribution is 5.76. The molecule has 0 saturated heterocycles. The largest absolute Gasteiger partial charge is 0.369 e. The van der Waals surface area contributed by atoms with Gasteiger partial charge in [-0.15, -0.1) is 0 Å². The standard InChI is InChI=1S/C14H21N5O/c1-4-11(3)18-14(20)5-6-15-12-7-10(2)8-13-16-9-17-19(12)13/h7-9,11,15H,4-6H2,1-3H3,(H,18,20). The molecule has 108 valence electrons. The van der Waals surface area contributed by atoms with Gasteiger partial charge in [0.15, 0.2) is 5.65 Å². The number of fused-ring (bicyclic) bond motifs is 1. The van der Waals surface area contributed by atoms with E-state index in [0.29, 0.717) is 13.0 Å². The quantitative estimate of drug-likeness (QED) is 0.842. The van der Waals surface area contributed by atoms with E-state index >= 15 is 0 Å². The summed E-state index contributed by atoms with van der Waals surface area (Å²) in [5.74, 6) is 0.920. The molecule has 0 aliphatic rings. The molecule has 1 atom stereocenters. The summed E-state index contributed by atoms with van der Waals surface area (Å²) in [6, 6.07) is 4.19. The zero-order chi connectivity index (χ0) is 14.5. The van der Waals surface area contributed by atoms with E-state index in [1.807, 2.05) is 26.0 Å². The zero-order valence-corrected chi connectivity index (χ0v) is 12.2. The summed E-state index contributed by atoms with van der Waals surface area (Å²) in [5.41, 5.74) is 1.91. The Hall–Kier alpha value is -2.11. The summed E-state index contributed by atoms with van der Waals surface area (Å²) in [7, 11) is 0. The predicted molar refractivity (Wildman–Crippen MR) is 78.7 cm³/mol. The van der Waals surface area contributed by atoms with Crippen LogP contribution in [0.5, 0.6) is 0 Å². The minimum absolute atomic E-state index is 0.0642. The van der Waals surface area contributed by atoms with E-state index in [1.165, 1.54) is 6.33 Å². The molecule has 0 aliphatic carbocycles. The molecule has 6 heteroatoms. The van der Waals surface area contributed by atoms with Gasteiger partial charge in [0.25, 0.3) is 0 Å². The molecule has 2 rings (SSSR count). The van der Waals surface area contributed by atoms with Gasteiger partial charge >= 0.3 is 0 Å². The summed E-state index contributed by atoms with van der Waals surface area (Å²) in [6.45, 7) is 6.64. The van der Waals surface area contributed by atoms with Gasteiger partial charge in [0.2, 0.25) is 5.91 Å². The minimum atomic E-state index is 0.0642. The number of carbonyl (C=O) groups excluding carboxylic acids is 1. The topological polar surface area (TPSA) is 71.3 Å². The summed E-state index contributed by atoms with van der Waals surface area (Å²) >= 11 is 0. The first-order chi connectivity index (χ1) is 9.60. The third-order valence-corrected chi connectivity index (χ3v) is 3.20. The highest BCUT2D eigenvalue weighted by Gasteiger charge is 2.07. The van der Waals surface area contributed by atoms with Crippen LogP contribution >= 0.6 is 0 Å². The van der Waals surface area contributed by atoms with Crippen molar-refractivity contribution in [2.45, 2.75) is 39.7 Å². The van der Waals surface area contributed by atoms with Crippen molar-refractivity contribution in [1.29, 1.82) is 0 Å². The van der Waals surface area contributed by atoms with Crippen LogP contribution in [0.15, 0.2) is 18.5 Å². The lowest BCUT2D eigenvalue weighted by Crippen LogP contribution is -2.33. The van der Waals surface area contributed by atoms with Crippen molar-refractivity contribution in [2.24, 2.45) is 0 Å². The first-order valence-corrected chi connectivity index (χ1v) is 6.93. The number of nitrogens with zero attached hydrogens (tertiary/aromatic N) is 3. The van der Waals surface area contributed by atoms with Crippen LogP contribution in [0.4, 0.5) is 5.82 Å². The Bertz CT molecular complexity index is 592. The van der Waals surface area contributed by atoms with Gasteiger partial charge in [-0.2, -0.15) is 9.61 Å². The van der Waals surface area contributed by atoms with Crippen LogP contribution in [0.25, 0.3) is 5.65 Å². The lowest BCUT2D eigenvalue weighted by Gasteiger charge is -2.12. The van der Waals surface area contributed by atoms with Gasteiger partial charge in [-0.1, -0.05) is 6.92 Å². The molecule has 6 nitrogen and oxygen atoms in total. The SMILES string of the molecule is CCC(C)NC(=O)CCNc1cc(C)cc2ncnn12. The number of anilines is 1. The average molecular weight is 275 g/mol. The number of aromatic nitrogens is 3. The van der Waals surface area contributed by atoms with E-state index in [2.05, 4.69) is 27.6 Å². The molecule has 0 bridgehead atoms. The van der Waals surface area contributed by atoms with Gasteiger partial charge < -0.3 is 10.6 Å². The second kappa shape index (κ2) is 6.36. The molecule has 1 amide bonds. The van der Waals surface area contributed by atoms with Gasteiger partial charge in [-0.05, 0) is 38.0 Å². The van der Waals surface area contributed by atoms with Gasteiger partial charge in [0.1, 0.15) is 12.1 Å². The second-order valence-corrected chi connectivity index (χ2v) is 5.00. The number of hydrogen-bond acceptors (Lipinski definition) is 4. The molecule has 0 spiro atoms. The Balaban J connectivity index is 1.93. The monoisotopic (exact) mass is 275 g/mol. The average Bonchev–Trinajstić information content (AvgIpc) is 2.86. The van der Waals surface area contributed by atoms with Gasteiger partial charge in [-0.25, -0.2) is 4.98 Å². The van der Waals surface area contributed by atoms with Gasteiger partial charge in [-0.3, -0.25) is 4.79 Å². The summed E-state index contributed by atoms with van der Waals surface area (Å²) < 4.78 is 1.74. The molecule has 2 aromatic rings. The van der Waals surface area contributed by atoms with Gasteiger partial charge in [0.05, 0.1) is 0 Å². The molecule has 2 N–H and O–H groups in total. The van der Waals surface area contributed by atoms with E-state index in [1.54, 1.807) is 4.52 Å². The molecule has 0 aliphatic heterocycles. The number of rotatable bonds is 6. The lowest BCUT2D eigenvalue weighted by atomic mass is 10.2. The maximum atomic E-state index is 11.7.